The molecule has 21 heavy (non-hydrogen) atoms. The number of carbonyl (C=O) groups excluding carboxylic acids is 1. The molecule has 1 amide bonds. The van der Waals surface area contributed by atoms with Crippen molar-refractivity contribution in [3.05, 3.63) is 65.5 Å². The number of nitrogens with two attached hydrogens (primary N) is 1. The summed E-state index contributed by atoms with van der Waals surface area (Å²) in [6.45, 7) is 1.37. The third-order valence-electron chi connectivity index (χ3n) is 3.20. The number of benzene rings is 2. The number of nitrogens with one attached hydrogen (secondary N) is 1. The van der Waals surface area contributed by atoms with Gasteiger partial charge in [-0.2, -0.15) is 0 Å². The smallest absolute Gasteiger partial charge is 0.247 e. The largest absolute Gasteiger partial charge is 0.368 e. The number of hydrogen-bond acceptors (Lipinski definition) is 2. The molecule has 2 rings (SSSR count). The molecule has 3 nitrogen and oxygen atoms in total. The van der Waals surface area contributed by atoms with E-state index in [0.717, 1.165) is 12.1 Å². The highest BCUT2D eigenvalue weighted by Crippen LogP contribution is 2.28. The molecule has 3 N–H and O–H groups in total. The Morgan fingerprint density at radius 2 is 1.62 bits per heavy atom. The molecule has 1 unspecified atom stereocenters. The SMILES string of the molecule is CC(Nc1ccc(F)cc1)(C(N)=O)c1ccc(F)cc1F. The predicted molar refractivity (Wildman–Crippen MR) is 72.9 cm³/mol. The fourth-order valence-corrected chi connectivity index (χ4v) is 1.98. The van der Waals surface area contributed by atoms with Crippen LogP contribution in [0.15, 0.2) is 42.5 Å². The van der Waals surface area contributed by atoms with Crippen LogP contribution in [0.5, 0.6) is 0 Å². The lowest BCUT2D eigenvalue weighted by Gasteiger charge is -2.29. The Labute approximate surface area is 119 Å². The fourth-order valence-electron chi connectivity index (χ4n) is 1.98. The van der Waals surface area contributed by atoms with Crippen LogP contribution in [0, 0.1) is 17.5 Å². The maximum Gasteiger partial charge on any atom is 0.247 e. The average Bonchev–Trinajstić information content (AvgIpc) is 2.41. The Kier molecular flexibility index (Phi) is 3.88. The van der Waals surface area contributed by atoms with Crippen molar-refractivity contribution in [3.8, 4) is 0 Å². The maximum atomic E-state index is 13.9. The Hall–Kier alpha value is -2.50. The molecule has 0 spiro atoms. The number of rotatable bonds is 4. The molecule has 2 aromatic carbocycles. The number of carbonyl (C=O) groups is 1. The van der Waals surface area contributed by atoms with Crippen LogP contribution in [-0.4, -0.2) is 5.91 Å². The normalized spacial score (nSPS) is 13.5. The second kappa shape index (κ2) is 5.47. The third-order valence-corrected chi connectivity index (χ3v) is 3.20. The third kappa shape index (κ3) is 2.99. The molecule has 2 aromatic rings. The van der Waals surface area contributed by atoms with Gasteiger partial charge in [-0.3, -0.25) is 4.79 Å². The molecule has 1 atom stereocenters. The zero-order valence-corrected chi connectivity index (χ0v) is 11.2. The van der Waals surface area contributed by atoms with Crippen molar-refractivity contribution in [1.82, 2.24) is 0 Å². The number of anilines is 1. The van der Waals surface area contributed by atoms with Gasteiger partial charge in [-0.15, -0.1) is 0 Å². The van der Waals surface area contributed by atoms with Crippen LogP contribution in [0.1, 0.15) is 12.5 Å². The van der Waals surface area contributed by atoms with Crippen molar-refractivity contribution in [3.63, 3.8) is 0 Å². The minimum atomic E-state index is -1.60. The standard InChI is InChI=1S/C15H13F3N2O/c1-15(14(19)21,12-7-4-10(17)8-13(12)18)20-11-5-2-9(16)3-6-11/h2-8,20H,1H3,(H2,19,21). The van der Waals surface area contributed by atoms with Gasteiger partial charge in [0.05, 0.1) is 0 Å². The van der Waals surface area contributed by atoms with Gasteiger partial charge in [-0.1, -0.05) is 6.07 Å². The second-order valence-corrected chi connectivity index (χ2v) is 4.75. The number of primary amides is 1. The lowest BCUT2D eigenvalue weighted by Crippen LogP contribution is -2.45. The van der Waals surface area contributed by atoms with E-state index in [1.165, 1.54) is 31.2 Å². The van der Waals surface area contributed by atoms with E-state index in [1.54, 1.807) is 0 Å². The van der Waals surface area contributed by atoms with Gasteiger partial charge in [0.1, 0.15) is 23.0 Å². The van der Waals surface area contributed by atoms with Gasteiger partial charge < -0.3 is 11.1 Å². The Morgan fingerprint density at radius 3 is 2.14 bits per heavy atom. The van der Waals surface area contributed by atoms with E-state index < -0.39 is 28.9 Å². The summed E-state index contributed by atoms with van der Waals surface area (Å²) in [5.74, 6) is -2.96. The minimum absolute atomic E-state index is 0.0966. The molecule has 0 saturated heterocycles. The average molecular weight is 294 g/mol. The van der Waals surface area contributed by atoms with Gasteiger partial charge in [0.25, 0.3) is 0 Å². The molecule has 0 saturated carbocycles. The van der Waals surface area contributed by atoms with E-state index in [-0.39, 0.29) is 5.56 Å². The zero-order chi connectivity index (χ0) is 15.6. The van der Waals surface area contributed by atoms with Crippen LogP contribution < -0.4 is 11.1 Å². The maximum absolute atomic E-state index is 13.9. The van der Waals surface area contributed by atoms with Crippen LogP contribution in [0.25, 0.3) is 0 Å². The monoisotopic (exact) mass is 294 g/mol. The molecule has 0 heterocycles. The molecule has 110 valence electrons. The van der Waals surface area contributed by atoms with Gasteiger partial charge in [0.2, 0.25) is 5.91 Å². The van der Waals surface area contributed by atoms with E-state index >= 15 is 0 Å². The highest BCUT2D eigenvalue weighted by atomic mass is 19.1. The van der Waals surface area contributed by atoms with Gasteiger partial charge in [0, 0.05) is 17.3 Å². The fraction of sp³-hybridized carbons (Fsp3) is 0.133. The zero-order valence-electron chi connectivity index (χ0n) is 11.2. The number of amides is 1. The number of hydrogen-bond donors (Lipinski definition) is 2. The van der Waals surface area contributed by atoms with Crippen molar-refractivity contribution in [1.29, 1.82) is 0 Å². The first-order chi connectivity index (χ1) is 9.83. The van der Waals surface area contributed by atoms with Crippen molar-refractivity contribution in [2.45, 2.75) is 12.5 Å². The highest BCUT2D eigenvalue weighted by molar-refractivity contribution is 5.89. The van der Waals surface area contributed by atoms with Gasteiger partial charge in [-0.05, 0) is 37.3 Å². The van der Waals surface area contributed by atoms with E-state index in [0.29, 0.717) is 11.8 Å². The van der Waals surface area contributed by atoms with Gasteiger partial charge in [-0.25, -0.2) is 13.2 Å². The van der Waals surface area contributed by atoms with Crippen LogP contribution >= 0.6 is 0 Å². The minimum Gasteiger partial charge on any atom is -0.368 e. The topological polar surface area (TPSA) is 55.1 Å². The first-order valence-electron chi connectivity index (χ1n) is 6.12. The summed E-state index contributed by atoms with van der Waals surface area (Å²) in [6.07, 6.45) is 0. The quantitative estimate of drug-likeness (QED) is 0.911. The molecular weight excluding hydrogens is 281 g/mol. The van der Waals surface area contributed by atoms with Crippen LogP contribution in [0.3, 0.4) is 0 Å². The van der Waals surface area contributed by atoms with E-state index in [9.17, 15) is 18.0 Å². The molecule has 0 radical (unpaired) electrons. The van der Waals surface area contributed by atoms with Crippen molar-refractivity contribution in [2.75, 3.05) is 5.32 Å². The van der Waals surface area contributed by atoms with E-state index in [4.69, 9.17) is 5.73 Å². The first kappa shape index (κ1) is 14.9. The van der Waals surface area contributed by atoms with Gasteiger partial charge >= 0.3 is 0 Å². The molecule has 0 fully saturated rings. The summed E-state index contributed by atoms with van der Waals surface area (Å²) in [5.41, 5.74) is 4.03. The molecular formula is C15H13F3N2O. The molecule has 0 bridgehead atoms. The summed E-state index contributed by atoms with van der Waals surface area (Å²) in [4.78, 5) is 11.8. The van der Waals surface area contributed by atoms with Crippen LogP contribution in [0.2, 0.25) is 0 Å². The van der Waals surface area contributed by atoms with Crippen molar-refractivity contribution >= 4 is 11.6 Å². The molecule has 6 heteroatoms. The summed E-state index contributed by atoms with van der Waals surface area (Å²) < 4.78 is 39.8. The van der Waals surface area contributed by atoms with Crippen molar-refractivity contribution < 1.29 is 18.0 Å². The van der Waals surface area contributed by atoms with Gasteiger partial charge in [0.15, 0.2) is 0 Å². The summed E-state index contributed by atoms with van der Waals surface area (Å²) >= 11 is 0. The van der Waals surface area contributed by atoms with Crippen LogP contribution in [-0.2, 0) is 10.3 Å². The first-order valence-corrected chi connectivity index (χ1v) is 6.12. The van der Waals surface area contributed by atoms with Crippen LogP contribution in [0.4, 0.5) is 18.9 Å². The Bertz CT molecular complexity index is 673. The Balaban J connectivity index is 2.45. The van der Waals surface area contributed by atoms with Crippen molar-refractivity contribution in [2.24, 2.45) is 5.73 Å². The van der Waals surface area contributed by atoms with E-state index in [2.05, 4.69) is 5.32 Å². The molecule has 0 aliphatic rings. The molecule has 0 aromatic heterocycles. The molecule has 0 aliphatic heterocycles. The summed E-state index contributed by atoms with van der Waals surface area (Å²) in [5, 5.41) is 2.75. The lowest BCUT2D eigenvalue weighted by atomic mass is 9.90. The second-order valence-electron chi connectivity index (χ2n) is 4.75. The predicted octanol–water partition coefficient (Wildman–Crippen LogP) is 2.92. The molecule has 0 aliphatic carbocycles. The van der Waals surface area contributed by atoms with E-state index in [1.807, 2.05) is 0 Å². The number of halogens is 3. The Morgan fingerprint density at radius 1 is 1.05 bits per heavy atom. The summed E-state index contributed by atoms with van der Waals surface area (Å²) in [6, 6.07) is 7.99. The highest BCUT2D eigenvalue weighted by Gasteiger charge is 2.35. The lowest BCUT2D eigenvalue weighted by molar-refractivity contribution is -0.122. The summed E-state index contributed by atoms with van der Waals surface area (Å²) in [7, 11) is 0.